The van der Waals surface area contributed by atoms with Crippen LogP contribution in [0.5, 0.6) is 0 Å². The number of carboxylic acid groups (broad SMARTS) is 1. The van der Waals surface area contributed by atoms with Crippen LogP contribution in [0.4, 0.5) is 11.4 Å². The Balaban J connectivity index is 1.79. The molecule has 33 heavy (non-hydrogen) atoms. The summed E-state index contributed by atoms with van der Waals surface area (Å²) < 4.78 is 0. The van der Waals surface area contributed by atoms with Crippen molar-refractivity contribution in [2.45, 2.75) is 11.8 Å². The van der Waals surface area contributed by atoms with Crippen LogP contribution in [0.15, 0.2) is 97.1 Å². The fraction of sp³-hybridized carbons (Fsp3) is 0.154. The van der Waals surface area contributed by atoms with Gasteiger partial charge >= 0.3 is 5.97 Å². The van der Waals surface area contributed by atoms with Crippen LogP contribution in [0.3, 0.4) is 0 Å². The molecule has 4 rings (SSSR count). The van der Waals surface area contributed by atoms with Crippen LogP contribution in [0.1, 0.15) is 23.0 Å². The van der Waals surface area contributed by atoms with E-state index in [0.29, 0.717) is 0 Å². The van der Waals surface area contributed by atoms with E-state index in [-0.39, 0.29) is 11.4 Å². The summed E-state index contributed by atoms with van der Waals surface area (Å²) in [6, 6.07) is 24.2. The van der Waals surface area contributed by atoms with E-state index in [1.807, 2.05) is 72.8 Å². The zero-order chi connectivity index (χ0) is 23.4. The minimum atomic E-state index is -1.10. The predicted molar refractivity (Wildman–Crippen MR) is 124 cm³/mol. The van der Waals surface area contributed by atoms with Gasteiger partial charge < -0.3 is 10.4 Å². The molecule has 1 aliphatic rings. The molecule has 4 atom stereocenters. The van der Waals surface area contributed by atoms with Gasteiger partial charge in [-0.25, -0.2) is 0 Å². The number of nitrogens with zero attached hydrogens (tertiary/aromatic N) is 1. The van der Waals surface area contributed by atoms with Crippen molar-refractivity contribution in [3.63, 3.8) is 0 Å². The minimum Gasteiger partial charge on any atom is -0.481 e. The fourth-order valence-corrected chi connectivity index (χ4v) is 4.50. The summed E-state index contributed by atoms with van der Waals surface area (Å²) in [5.41, 5.74) is 1.37. The van der Waals surface area contributed by atoms with Gasteiger partial charge in [0.15, 0.2) is 0 Å². The molecule has 7 nitrogen and oxygen atoms in total. The zero-order valence-electron chi connectivity index (χ0n) is 17.6. The molecule has 3 aromatic carbocycles. The summed E-state index contributed by atoms with van der Waals surface area (Å²) in [5, 5.41) is 24.3. The molecule has 7 heteroatoms. The van der Waals surface area contributed by atoms with Gasteiger partial charge in [0.1, 0.15) is 5.69 Å². The first kappa shape index (κ1) is 22.0. The Kier molecular flexibility index (Phi) is 6.31. The van der Waals surface area contributed by atoms with Gasteiger partial charge in [-0.3, -0.25) is 19.7 Å². The lowest BCUT2D eigenvalue weighted by molar-refractivity contribution is -0.383. The van der Waals surface area contributed by atoms with Crippen molar-refractivity contribution >= 4 is 23.3 Å². The molecule has 2 N–H and O–H groups in total. The van der Waals surface area contributed by atoms with Crippen LogP contribution in [-0.2, 0) is 9.59 Å². The molecule has 1 aliphatic carbocycles. The number of allylic oxidation sites excluding steroid dienone is 2. The smallest absolute Gasteiger partial charge is 0.308 e. The van der Waals surface area contributed by atoms with E-state index in [0.717, 1.165) is 11.1 Å². The Morgan fingerprint density at radius 2 is 1.24 bits per heavy atom. The molecule has 0 fully saturated rings. The van der Waals surface area contributed by atoms with Crippen molar-refractivity contribution < 1.29 is 19.6 Å². The van der Waals surface area contributed by atoms with Gasteiger partial charge in [0.2, 0.25) is 5.91 Å². The van der Waals surface area contributed by atoms with Crippen molar-refractivity contribution in [1.82, 2.24) is 0 Å². The molecule has 0 heterocycles. The number of carboxylic acids is 1. The second kappa shape index (κ2) is 9.48. The van der Waals surface area contributed by atoms with Crippen LogP contribution in [0.25, 0.3) is 0 Å². The van der Waals surface area contributed by atoms with Crippen LogP contribution in [-0.4, -0.2) is 21.9 Å². The number of carbonyl (C=O) groups excluding carboxylic acids is 1. The number of rotatable bonds is 6. The average Bonchev–Trinajstić information content (AvgIpc) is 2.84. The topological polar surface area (TPSA) is 110 Å². The largest absolute Gasteiger partial charge is 0.481 e. The number of benzene rings is 3. The lowest BCUT2D eigenvalue weighted by atomic mass is 9.66. The first-order valence-electron chi connectivity index (χ1n) is 10.5. The molecule has 166 valence electrons. The maximum atomic E-state index is 13.6. The summed E-state index contributed by atoms with van der Waals surface area (Å²) in [4.78, 5) is 37.0. The molecule has 0 saturated heterocycles. The van der Waals surface area contributed by atoms with E-state index in [1.54, 1.807) is 6.07 Å². The third-order valence-corrected chi connectivity index (χ3v) is 6.00. The Morgan fingerprint density at radius 1 is 0.758 bits per heavy atom. The second-order valence-corrected chi connectivity index (χ2v) is 7.91. The Bertz CT molecular complexity index is 1190. The molecule has 0 spiro atoms. The number of carbonyl (C=O) groups is 2. The van der Waals surface area contributed by atoms with E-state index in [2.05, 4.69) is 5.32 Å². The van der Waals surface area contributed by atoms with Crippen LogP contribution in [0.2, 0.25) is 0 Å². The number of anilines is 1. The highest BCUT2D eigenvalue weighted by Gasteiger charge is 2.46. The van der Waals surface area contributed by atoms with Crippen molar-refractivity contribution in [1.29, 1.82) is 0 Å². The summed E-state index contributed by atoms with van der Waals surface area (Å²) in [7, 11) is 0. The molecule has 0 aromatic heterocycles. The molecule has 0 radical (unpaired) electrons. The minimum absolute atomic E-state index is 0.0364. The van der Waals surface area contributed by atoms with Crippen LogP contribution >= 0.6 is 0 Å². The Morgan fingerprint density at radius 3 is 1.76 bits per heavy atom. The number of aliphatic carboxylic acids is 1. The SMILES string of the molecule is O=C(Nc1ccccc1[N+](=O)[O-])[C@@H]1[C@H](C(=O)O)[C@H](c2ccccc2)C=C[C@H]1c1ccccc1. The number of hydrogen-bond donors (Lipinski definition) is 2. The van der Waals surface area contributed by atoms with E-state index >= 15 is 0 Å². The normalized spacial score (nSPS) is 21.8. The van der Waals surface area contributed by atoms with Crippen molar-refractivity contribution in [3.05, 3.63) is 118 Å². The maximum absolute atomic E-state index is 13.6. The van der Waals surface area contributed by atoms with E-state index in [9.17, 15) is 24.8 Å². The summed E-state index contributed by atoms with van der Waals surface area (Å²) in [6.07, 6.45) is 3.72. The molecule has 1 amide bonds. The quantitative estimate of drug-likeness (QED) is 0.318. The molecule has 0 saturated carbocycles. The highest BCUT2D eigenvalue weighted by atomic mass is 16.6. The number of nitro benzene ring substituents is 1. The van der Waals surface area contributed by atoms with E-state index in [1.165, 1.54) is 18.2 Å². The second-order valence-electron chi connectivity index (χ2n) is 7.91. The number of para-hydroxylation sites is 2. The molecule has 0 bridgehead atoms. The van der Waals surface area contributed by atoms with Gasteiger partial charge in [0.25, 0.3) is 5.69 Å². The molecule has 0 aliphatic heterocycles. The third kappa shape index (κ3) is 4.52. The van der Waals surface area contributed by atoms with Gasteiger partial charge in [-0.1, -0.05) is 84.9 Å². The van der Waals surface area contributed by atoms with Crippen molar-refractivity contribution in [2.24, 2.45) is 11.8 Å². The number of hydrogen-bond acceptors (Lipinski definition) is 4. The zero-order valence-corrected chi connectivity index (χ0v) is 17.6. The van der Waals surface area contributed by atoms with Gasteiger partial charge in [0, 0.05) is 17.9 Å². The first-order valence-corrected chi connectivity index (χ1v) is 10.5. The summed E-state index contributed by atoms with van der Waals surface area (Å²) >= 11 is 0. The molecule has 3 aromatic rings. The van der Waals surface area contributed by atoms with Crippen LogP contribution < -0.4 is 5.32 Å². The van der Waals surface area contributed by atoms with Gasteiger partial charge in [-0.2, -0.15) is 0 Å². The Labute approximate surface area is 190 Å². The fourth-order valence-electron chi connectivity index (χ4n) is 4.50. The number of amides is 1. The highest BCUT2D eigenvalue weighted by Crippen LogP contribution is 2.45. The average molecular weight is 442 g/mol. The van der Waals surface area contributed by atoms with Gasteiger partial charge in [-0.15, -0.1) is 0 Å². The van der Waals surface area contributed by atoms with E-state index < -0.39 is 40.5 Å². The van der Waals surface area contributed by atoms with Crippen molar-refractivity contribution in [3.8, 4) is 0 Å². The number of nitrogens with one attached hydrogen (secondary N) is 1. The summed E-state index contributed by atoms with van der Waals surface area (Å²) in [5.74, 6) is -4.75. The van der Waals surface area contributed by atoms with E-state index in [4.69, 9.17) is 0 Å². The van der Waals surface area contributed by atoms with Gasteiger partial charge in [0.05, 0.1) is 16.8 Å². The standard InChI is InChI=1S/C26H22N2O5/c29-25(27-21-13-7-8-14-22(21)28(32)33)23-19(17-9-3-1-4-10-17)15-16-20(24(23)26(30)31)18-11-5-2-6-12-18/h1-16,19-20,23-24H,(H,27,29)(H,30,31)/t19-,20-,23-,24+/m0/s1. The van der Waals surface area contributed by atoms with Crippen LogP contribution in [0, 0.1) is 22.0 Å². The lowest BCUT2D eigenvalue weighted by Gasteiger charge is -2.37. The molecular formula is C26H22N2O5. The third-order valence-electron chi connectivity index (χ3n) is 6.00. The summed E-state index contributed by atoms with van der Waals surface area (Å²) in [6.45, 7) is 0. The van der Waals surface area contributed by atoms with Crippen molar-refractivity contribution in [2.75, 3.05) is 5.32 Å². The first-order chi connectivity index (χ1) is 16.0. The number of nitro groups is 1. The molecular weight excluding hydrogens is 420 g/mol. The highest BCUT2D eigenvalue weighted by molar-refractivity contribution is 5.98. The maximum Gasteiger partial charge on any atom is 0.308 e. The monoisotopic (exact) mass is 442 g/mol. The Hall–Kier alpha value is -4.26. The lowest BCUT2D eigenvalue weighted by Crippen LogP contribution is -2.42. The van der Waals surface area contributed by atoms with Gasteiger partial charge in [-0.05, 0) is 17.2 Å². The predicted octanol–water partition coefficient (Wildman–Crippen LogP) is 4.99. The molecule has 0 unspecified atom stereocenters.